The predicted molar refractivity (Wildman–Crippen MR) is 85.2 cm³/mol. The van der Waals surface area contributed by atoms with E-state index in [1.54, 1.807) is 0 Å². The Bertz CT molecular complexity index is 445. The Morgan fingerprint density at radius 1 is 1.40 bits per heavy atom. The Balaban J connectivity index is 2.17. The lowest BCUT2D eigenvalue weighted by Crippen LogP contribution is -2.42. The number of nitrogens with one attached hydrogen (secondary N) is 1. The number of anilines is 1. The average Bonchev–Trinajstić information content (AvgIpc) is 2.40. The zero-order chi connectivity index (χ0) is 14.7. The first-order valence-electron chi connectivity index (χ1n) is 7.73. The molecule has 1 heterocycles. The SMILES string of the molecule is Cc1ccc(N2CCC(O)C(C)C2)c(CNC(C)C)c1. The van der Waals surface area contributed by atoms with Crippen LogP contribution in [0.1, 0.15) is 38.3 Å². The number of piperidine rings is 1. The summed E-state index contributed by atoms with van der Waals surface area (Å²) in [4.78, 5) is 2.42. The van der Waals surface area contributed by atoms with E-state index in [4.69, 9.17) is 0 Å². The number of aryl methyl sites for hydroxylation is 1. The van der Waals surface area contributed by atoms with Crippen LogP contribution in [0.5, 0.6) is 0 Å². The van der Waals surface area contributed by atoms with Crippen molar-refractivity contribution in [3.05, 3.63) is 29.3 Å². The van der Waals surface area contributed by atoms with Gasteiger partial charge in [-0.3, -0.25) is 0 Å². The smallest absolute Gasteiger partial charge is 0.0599 e. The van der Waals surface area contributed by atoms with E-state index < -0.39 is 0 Å². The van der Waals surface area contributed by atoms with Gasteiger partial charge in [-0.25, -0.2) is 0 Å². The Kier molecular flexibility index (Phi) is 5.06. The molecule has 20 heavy (non-hydrogen) atoms. The van der Waals surface area contributed by atoms with Crippen LogP contribution in [0.25, 0.3) is 0 Å². The highest BCUT2D eigenvalue weighted by Crippen LogP contribution is 2.27. The van der Waals surface area contributed by atoms with Crippen LogP contribution in [0, 0.1) is 12.8 Å². The third kappa shape index (κ3) is 3.74. The van der Waals surface area contributed by atoms with Crippen LogP contribution in [0.15, 0.2) is 18.2 Å². The largest absolute Gasteiger partial charge is 0.393 e. The van der Waals surface area contributed by atoms with Crippen LogP contribution in [-0.2, 0) is 6.54 Å². The van der Waals surface area contributed by atoms with Crippen molar-refractivity contribution in [1.29, 1.82) is 0 Å². The number of nitrogens with zero attached hydrogens (tertiary/aromatic N) is 1. The van der Waals surface area contributed by atoms with Crippen molar-refractivity contribution >= 4 is 5.69 Å². The highest BCUT2D eigenvalue weighted by Gasteiger charge is 2.25. The zero-order valence-corrected chi connectivity index (χ0v) is 13.2. The molecule has 0 amide bonds. The standard InChI is InChI=1S/C17H28N2O/c1-12(2)18-10-15-9-13(3)5-6-16(15)19-8-7-17(20)14(4)11-19/h5-6,9,12,14,17-18,20H,7-8,10-11H2,1-4H3. The van der Waals surface area contributed by atoms with Crippen molar-refractivity contribution in [2.75, 3.05) is 18.0 Å². The molecule has 0 bridgehead atoms. The maximum absolute atomic E-state index is 9.89. The lowest BCUT2D eigenvalue weighted by molar-refractivity contribution is 0.0970. The predicted octanol–water partition coefficient (Wildman–Crippen LogP) is 2.70. The average molecular weight is 276 g/mol. The van der Waals surface area contributed by atoms with Gasteiger partial charge in [-0.1, -0.05) is 38.5 Å². The topological polar surface area (TPSA) is 35.5 Å². The summed E-state index contributed by atoms with van der Waals surface area (Å²) in [5.41, 5.74) is 3.99. The van der Waals surface area contributed by atoms with Gasteiger partial charge in [0.05, 0.1) is 6.10 Å². The molecule has 1 aliphatic rings. The first-order valence-corrected chi connectivity index (χ1v) is 7.73. The van der Waals surface area contributed by atoms with E-state index in [9.17, 15) is 5.11 Å². The second-order valence-corrected chi connectivity index (χ2v) is 6.45. The molecule has 1 fully saturated rings. The molecule has 1 aromatic carbocycles. The molecular formula is C17H28N2O. The van der Waals surface area contributed by atoms with Gasteiger partial charge in [0, 0.05) is 31.4 Å². The highest BCUT2D eigenvalue weighted by molar-refractivity contribution is 5.55. The fourth-order valence-electron chi connectivity index (χ4n) is 2.83. The van der Waals surface area contributed by atoms with Crippen LogP contribution >= 0.6 is 0 Å². The maximum atomic E-state index is 9.89. The fraction of sp³-hybridized carbons (Fsp3) is 0.647. The molecular weight excluding hydrogens is 248 g/mol. The Morgan fingerprint density at radius 3 is 2.80 bits per heavy atom. The molecule has 3 heteroatoms. The van der Waals surface area contributed by atoms with Gasteiger partial charge in [-0.05, 0) is 30.9 Å². The monoisotopic (exact) mass is 276 g/mol. The minimum atomic E-state index is -0.145. The second-order valence-electron chi connectivity index (χ2n) is 6.45. The van der Waals surface area contributed by atoms with Gasteiger partial charge in [0.1, 0.15) is 0 Å². The number of rotatable bonds is 4. The van der Waals surface area contributed by atoms with E-state index in [0.29, 0.717) is 12.0 Å². The lowest BCUT2D eigenvalue weighted by Gasteiger charge is -2.37. The van der Waals surface area contributed by atoms with E-state index in [-0.39, 0.29) is 6.10 Å². The second kappa shape index (κ2) is 6.59. The van der Waals surface area contributed by atoms with Crippen molar-refractivity contribution in [2.24, 2.45) is 5.92 Å². The molecule has 0 saturated carbocycles. The molecule has 0 aromatic heterocycles. The summed E-state index contributed by atoms with van der Waals surface area (Å²) in [5.74, 6) is 0.343. The summed E-state index contributed by atoms with van der Waals surface area (Å²) >= 11 is 0. The first kappa shape index (κ1) is 15.3. The minimum Gasteiger partial charge on any atom is -0.393 e. The van der Waals surface area contributed by atoms with Crippen molar-refractivity contribution in [3.63, 3.8) is 0 Å². The van der Waals surface area contributed by atoms with E-state index in [0.717, 1.165) is 26.1 Å². The molecule has 1 aromatic rings. The summed E-state index contributed by atoms with van der Waals surface area (Å²) in [6.45, 7) is 11.4. The summed E-state index contributed by atoms with van der Waals surface area (Å²) in [6.07, 6.45) is 0.723. The number of benzene rings is 1. The minimum absolute atomic E-state index is 0.145. The van der Waals surface area contributed by atoms with Crippen LogP contribution in [0.2, 0.25) is 0 Å². The normalized spacial score (nSPS) is 23.4. The molecule has 112 valence electrons. The molecule has 2 atom stereocenters. The van der Waals surface area contributed by atoms with Gasteiger partial charge in [0.25, 0.3) is 0 Å². The van der Waals surface area contributed by atoms with Crippen molar-refractivity contribution in [1.82, 2.24) is 5.32 Å². The Hall–Kier alpha value is -1.06. The van der Waals surface area contributed by atoms with Crippen LogP contribution < -0.4 is 10.2 Å². The first-order chi connectivity index (χ1) is 9.47. The van der Waals surface area contributed by atoms with Gasteiger partial charge in [-0.15, -0.1) is 0 Å². The number of aliphatic hydroxyl groups is 1. The van der Waals surface area contributed by atoms with Crippen LogP contribution in [0.4, 0.5) is 5.69 Å². The summed E-state index contributed by atoms with van der Waals surface area (Å²) in [5, 5.41) is 13.4. The maximum Gasteiger partial charge on any atom is 0.0599 e. The summed E-state index contributed by atoms with van der Waals surface area (Å²) in [7, 11) is 0. The van der Waals surface area contributed by atoms with Gasteiger partial charge in [0.15, 0.2) is 0 Å². The molecule has 3 nitrogen and oxygen atoms in total. The van der Waals surface area contributed by atoms with Crippen LogP contribution in [0.3, 0.4) is 0 Å². The van der Waals surface area contributed by atoms with E-state index in [2.05, 4.69) is 56.1 Å². The molecule has 2 N–H and O–H groups in total. The highest BCUT2D eigenvalue weighted by atomic mass is 16.3. The van der Waals surface area contributed by atoms with Crippen molar-refractivity contribution in [3.8, 4) is 0 Å². The van der Waals surface area contributed by atoms with Gasteiger partial charge in [-0.2, -0.15) is 0 Å². The molecule has 0 spiro atoms. The van der Waals surface area contributed by atoms with Gasteiger partial charge in [0.2, 0.25) is 0 Å². The molecule has 2 rings (SSSR count). The van der Waals surface area contributed by atoms with Gasteiger partial charge < -0.3 is 15.3 Å². The van der Waals surface area contributed by atoms with E-state index in [1.807, 2.05) is 0 Å². The van der Waals surface area contributed by atoms with Gasteiger partial charge >= 0.3 is 0 Å². The summed E-state index contributed by atoms with van der Waals surface area (Å²) in [6, 6.07) is 7.19. The third-order valence-electron chi connectivity index (χ3n) is 4.14. The summed E-state index contributed by atoms with van der Waals surface area (Å²) < 4.78 is 0. The molecule has 0 radical (unpaired) electrons. The van der Waals surface area contributed by atoms with Crippen molar-refractivity contribution < 1.29 is 5.11 Å². The molecule has 1 saturated heterocycles. The Labute approximate surface area is 123 Å². The van der Waals surface area contributed by atoms with E-state index in [1.165, 1.54) is 16.8 Å². The molecule has 0 aliphatic carbocycles. The molecule has 2 unspecified atom stereocenters. The Morgan fingerprint density at radius 2 is 2.15 bits per heavy atom. The third-order valence-corrected chi connectivity index (χ3v) is 4.14. The number of hydrogen-bond acceptors (Lipinski definition) is 3. The number of hydrogen-bond donors (Lipinski definition) is 2. The number of aliphatic hydroxyl groups excluding tert-OH is 1. The zero-order valence-electron chi connectivity index (χ0n) is 13.2. The lowest BCUT2D eigenvalue weighted by atomic mass is 9.95. The molecule has 1 aliphatic heterocycles. The van der Waals surface area contributed by atoms with Crippen LogP contribution in [-0.4, -0.2) is 30.3 Å². The quantitative estimate of drug-likeness (QED) is 0.887. The van der Waals surface area contributed by atoms with Crippen molar-refractivity contribution in [2.45, 2.75) is 52.8 Å². The fourth-order valence-corrected chi connectivity index (χ4v) is 2.83. The van der Waals surface area contributed by atoms with E-state index >= 15 is 0 Å².